The first kappa shape index (κ1) is 37.6. The highest BCUT2D eigenvalue weighted by atomic mass is 31.2. The van der Waals surface area contributed by atoms with Gasteiger partial charge in [0.15, 0.2) is 48.1 Å². The van der Waals surface area contributed by atoms with E-state index < -0.39 is 98.0 Å². The number of nitrogens with two attached hydrogens (primary N) is 2. The molecular weight excluding hydrogens is 753 g/mol. The third-order valence-electron chi connectivity index (χ3n) is 7.65. The molecule has 51 heavy (non-hydrogen) atoms. The largest absolute Gasteiger partial charge is 0.473 e. The summed E-state index contributed by atoms with van der Waals surface area (Å²) in [5.41, 5.74) is 12.2. The van der Waals surface area contributed by atoms with Crippen LogP contribution in [0.5, 0.6) is 0 Å². The van der Waals surface area contributed by atoms with Crippen molar-refractivity contribution in [1.29, 1.82) is 0 Å². The Kier molecular flexibility index (Phi) is 10.6. The molecule has 0 aromatic carbocycles. The van der Waals surface area contributed by atoms with Gasteiger partial charge >= 0.3 is 23.0 Å². The Bertz CT molecular complexity index is 1900. The average molecular weight is 784 g/mol. The second-order valence-electron chi connectivity index (χ2n) is 11.1. The maximum Gasteiger partial charge on any atom is 0.473 e. The Morgan fingerprint density at radius 3 is 1.41 bits per heavy atom. The van der Waals surface area contributed by atoms with Gasteiger partial charge in [-0.2, -0.15) is 0 Å². The van der Waals surface area contributed by atoms with Crippen LogP contribution in [0, 0.1) is 0 Å². The number of ether oxygens (including phenoxy) is 2. The van der Waals surface area contributed by atoms with Crippen molar-refractivity contribution in [2.24, 2.45) is 0 Å². The number of imidazole rings is 2. The zero-order valence-corrected chi connectivity index (χ0v) is 28.3. The first-order valence-corrected chi connectivity index (χ1v) is 19.4. The Morgan fingerprint density at radius 1 is 0.627 bits per heavy atom. The van der Waals surface area contributed by atoms with E-state index >= 15 is 0 Å². The molecule has 2 aliphatic rings. The van der Waals surface area contributed by atoms with E-state index in [9.17, 15) is 48.8 Å². The van der Waals surface area contributed by atoms with Crippen LogP contribution in [0.1, 0.15) is 12.5 Å². The lowest BCUT2D eigenvalue weighted by Gasteiger charge is -2.20. The maximum absolute atomic E-state index is 12.5. The summed E-state index contributed by atoms with van der Waals surface area (Å²) in [5.74, 6) is 0.0911. The number of rotatable bonds is 14. The van der Waals surface area contributed by atoms with Crippen molar-refractivity contribution >= 4 is 57.0 Å². The van der Waals surface area contributed by atoms with Crippen LogP contribution < -0.4 is 11.5 Å². The summed E-state index contributed by atoms with van der Waals surface area (Å²) in [6.45, 7) is -1.62. The van der Waals surface area contributed by atoms with Crippen molar-refractivity contribution in [3.8, 4) is 0 Å². The minimum Gasteiger partial charge on any atom is -0.387 e. The summed E-state index contributed by atoms with van der Waals surface area (Å²) in [4.78, 5) is 53.9. The third-order valence-corrected chi connectivity index (χ3v) is 11.0. The topological polar surface area (TPSA) is 387 Å². The molecule has 0 aliphatic carbocycles. The van der Waals surface area contributed by atoms with Crippen molar-refractivity contribution in [3.63, 3.8) is 0 Å². The number of nitrogen functional groups attached to an aromatic ring is 2. The average Bonchev–Trinajstić information content (AvgIpc) is 3.84. The van der Waals surface area contributed by atoms with E-state index in [0.29, 0.717) is 0 Å². The molecule has 0 amide bonds. The van der Waals surface area contributed by atoms with Crippen molar-refractivity contribution in [2.75, 3.05) is 37.4 Å². The van der Waals surface area contributed by atoms with E-state index in [-0.39, 0.29) is 34.0 Å². The van der Waals surface area contributed by atoms with E-state index in [1.165, 1.54) is 21.8 Å². The van der Waals surface area contributed by atoms with Gasteiger partial charge in [0.05, 0.1) is 25.9 Å². The molecule has 0 spiro atoms. The minimum absolute atomic E-state index is 0.0455. The molecular formula is C22H31N10O16P3. The van der Waals surface area contributed by atoms with Crippen molar-refractivity contribution in [3.05, 3.63) is 25.3 Å². The number of aromatic nitrogens is 8. The molecule has 29 heteroatoms. The monoisotopic (exact) mass is 784 g/mol. The molecule has 2 aliphatic heterocycles. The number of anilines is 2. The lowest BCUT2D eigenvalue weighted by molar-refractivity contribution is -0.0490. The summed E-state index contributed by atoms with van der Waals surface area (Å²) in [6, 6.07) is 0. The Balaban J connectivity index is 0.965. The van der Waals surface area contributed by atoms with Gasteiger partial charge in [-0.25, -0.2) is 34.5 Å². The SMILES string of the molecule is Nc1ncnc2c1ncn2[C@@H]1O[C@H](COP(=O)(O)COP(=O)(O)OCP(=O)(O)OC[C@H]2O[C@@H](n3cnc4c(N)ncnc43)[C@H](O)[C@@H]2O)[C@@H](O)[C@H]1O. The Labute approximate surface area is 284 Å². The number of phosphoric acid groups is 1. The molecule has 4 aromatic heterocycles. The molecule has 10 atom stereocenters. The van der Waals surface area contributed by atoms with Gasteiger partial charge in [-0.05, 0) is 0 Å². The molecule has 0 bridgehead atoms. The fourth-order valence-corrected chi connectivity index (χ4v) is 8.41. The predicted octanol–water partition coefficient (Wildman–Crippen LogP) is -2.48. The van der Waals surface area contributed by atoms with Crippen LogP contribution in [0.2, 0.25) is 0 Å². The number of hydrogen-bond acceptors (Lipinski definition) is 21. The first-order valence-electron chi connectivity index (χ1n) is 14.4. The molecule has 2 saturated heterocycles. The van der Waals surface area contributed by atoms with E-state index in [2.05, 4.69) is 39.0 Å². The third kappa shape index (κ3) is 7.96. The van der Waals surface area contributed by atoms with E-state index in [1.807, 2.05) is 0 Å². The van der Waals surface area contributed by atoms with E-state index in [0.717, 1.165) is 12.7 Å². The van der Waals surface area contributed by atoms with Gasteiger partial charge in [0, 0.05) is 0 Å². The highest BCUT2D eigenvalue weighted by Crippen LogP contribution is 2.55. The van der Waals surface area contributed by atoms with Crippen molar-refractivity contribution < 1.29 is 76.4 Å². The number of hydrogen-bond donors (Lipinski definition) is 9. The predicted molar refractivity (Wildman–Crippen MR) is 165 cm³/mol. The minimum atomic E-state index is -5.30. The van der Waals surface area contributed by atoms with Gasteiger partial charge in [0.25, 0.3) is 0 Å². The normalized spacial score (nSPS) is 30.4. The van der Waals surface area contributed by atoms with Crippen LogP contribution in [0.4, 0.5) is 11.6 Å². The van der Waals surface area contributed by atoms with Gasteiger partial charge in [-0.3, -0.25) is 27.3 Å². The molecule has 4 aromatic rings. The molecule has 2 unspecified atom stereocenters. The van der Waals surface area contributed by atoms with E-state index in [4.69, 9.17) is 30.0 Å². The van der Waals surface area contributed by atoms with Gasteiger partial charge < -0.3 is 65.1 Å². The van der Waals surface area contributed by atoms with Crippen LogP contribution in [0.15, 0.2) is 25.3 Å². The number of phosphoric ester groups is 1. The Morgan fingerprint density at radius 2 is 1.02 bits per heavy atom. The standard InChI is InChI=1S/C22H31N10O16P3/c23-17-11-19(27-3-25-17)31(5-29-11)21-15(35)13(33)9(47-21)1-43-49(37,38)7-45-51(41,42)46-8-50(39,40)44-2-10-14(34)16(36)22(48-10)32-6-30-12-18(24)26-4-28-20(12)32/h3-6,9-10,13-16,21-22,33-36H,1-2,7-8H2,(H,37,38)(H,39,40)(H,41,42)(H2,23,25,27)(H2,24,26,28)/t9-,10-,13-,14-,15-,16-,21-,22-/m1/s1. The number of aliphatic hydroxyl groups is 4. The van der Waals surface area contributed by atoms with Gasteiger partial charge in [0.2, 0.25) is 0 Å². The zero-order valence-electron chi connectivity index (χ0n) is 25.6. The second kappa shape index (κ2) is 14.4. The van der Waals surface area contributed by atoms with Crippen LogP contribution in [-0.2, 0) is 41.3 Å². The van der Waals surface area contributed by atoms with Crippen LogP contribution in [0.3, 0.4) is 0 Å². The summed E-state index contributed by atoms with van der Waals surface area (Å²) in [5, 5.41) is 41.9. The summed E-state index contributed by atoms with van der Waals surface area (Å²) in [7, 11) is -15.1. The molecule has 11 N–H and O–H groups in total. The van der Waals surface area contributed by atoms with Crippen LogP contribution in [0.25, 0.3) is 22.3 Å². The number of nitrogens with zero attached hydrogens (tertiary/aromatic N) is 8. The van der Waals surface area contributed by atoms with Crippen molar-refractivity contribution in [1.82, 2.24) is 39.0 Å². The Hall–Kier alpha value is -3.13. The van der Waals surface area contributed by atoms with Gasteiger partial charge in [-0.15, -0.1) is 0 Å². The van der Waals surface area contributed by atoms with E-state index in [1.54, 1.807) is 0 Å². The lowest BCUT2D eigenvalue weighted by atomic mass is 10.1. The smallest absolute Gasteiger partial charge is 0.387 e. The molecule has 280 valence electrons. The molecule has 26 nitrogen and oxygen atoms in total. The fraction of sp³-hybridized carbons (Fsp3) is 0.545. The second-order valence-corrected chi connectivity index (χ2v) is 16.1. The van der Waals surface area contributed by atoms with Gasteiger partial charge in [0.1, 0.15) is 60.3 Å². The lowest BCUT2D eigenvalue weighted by Crippen LogP contribution is -2.33. The number of aliphatic hydroxyl groups excluding tert-OH is 4. The fourth-order valence-electron chi connectivity index (χ4n) is 5.09. The quantitative estimate of drug-likeness (QED) is 0.0598. The van der Waals surface area contributed by atoms with Crippen LogP contribution in [-0.4, -0.2) is 137 Å². The number of fused-ring (bicyclic) bond motifs is 2. The maximum atomic E-state index is 12.5. The highest BCUT2D eigenvalue weighted by Gasteiger charge is 2.47. The summed E-state index contributed by atoms with van der Waals surface area (Å²) < 4.78 is 69.6. The van der Waals surface area contributed by atoms with Gasteiger partial charge in [-0.1, -0.05) is 0 Å². The molecule has 0 radical (unpaired) electrons. The molecule has 6 rings (SSSR count). The molecule has 2 fully saturated rings. The molecule has 0 saturated carbocycles. The molecule has 6 heterocycles. The van der Waals surface area contributed by atoms with Crippen LogP contribution >= 0.6 is 23.0 Å². The highest BCUT2D eigenvalue weighted by molar-refractivity contribution is 7.55. The first-order chi connectivity index (χ1) is 24.0. The summed E-state index contributed by atoms with van der Waals surface area (Å²) >= 11 is 0. The van der Waals surface area contributed by atoms with Crippen molar-refractivity contribution in [2.45, 2.75) is 49.1 Å². The zero-order chi connectivity index (χ0) is 36.9. The summed E-state index contributed by atoms with van der Waals surface area (Å²) in [6.07, 6.45) is -9.94.